The molecule has 1 atom stereocenters. The van der Waals surface area contributed by atoms with Crippen molar-refractivity contribution >= 4 is 11.6 Å². The third-order valence-electron chi connectivity index (χ3n) is 5.21. The molecule has 0 saturated carbocycles. The minimum absolute atomic E-state index is 0.0607. The molecule has 2 heterocycles. The average Bonchev–Trinajstić information content (AvgIpc) is 3.32. The number of aromatic amines is 2. The molecular weight excluding hydrogens is 400 g/mol. The second-order valence-corrected chi connectivity index (χ2v) is 8.65. The fourth-order valence-electron chi connectivity index (χ4n) is 3.30. The zero-order valence-electron chi connectivity index (χ0n) is 19.3. The first-order valence-electron chi connectivity index (χ1n) is 11.0. The van der Waals surface area contributed by atoms with Crippen LogP contribution in [0.4, 0.5) is 0 Å². The molecule has 31 heavy (non-hydrogen) atoms. The molecule has 174 valence electrons. The van der Waals surface area contributed by atoms with Crippen LogP contribution in [0, 0.1) is 11.3 Å². The van der Waals surface area contributed by atoms with Gasteiger partial charge in [-0.05, 0) is 37.0 Å². The van der Waals surface area contributed by atoms with Crippen molar-refractivity contribution in [2.45, 2.75) is 86.0 Å². The highest BCUT2D eigenvalue weighted by molar-refractivity contribution is 5.85. The zero-order chi connectivity index (χ0) is 23.4. The van der Waals surface area contributed by atoms with E-state index in [-0.39, 0.29) is 46.9 Å². The summed E-state index contributed by atoms with van der Waals surface area (Å²) in [7, 11) is 0. The summed E-state index contributed by atoms with van der Waals surface area (Å²) in [4.78, 5) is 47.2. The lowest BCUT2D eigenvalue weighted by molar-refractivity contribution is -0.124. The molecular formula is C23H36N2O6. The normalized spacial score (nSPS) is 12.2. The van der Waals surface area contributed by atoms with Gasteiger partial charge in [0.15, 0.2) is 0 Å². The van der Waals surface area contributed by atoms with Crippen LogP contribution in [0.3, 0.4) is 0 Å². The van der Waals surface area contributed by atoms with Gasteiger partial charge in [-0.3, -0.25) is 19.2 Å². The Balaban J connectivity index is 0.00000233. The molecule has 0 bridgehead atoms. The lowest BCUT2D eigenvalue weighted by Gasteiger charge is -2.23. The summed E-state index contributed by atoms with van der Waals surface area (Å²) in [6, 6.07) is 0. The minimum atomic E-state index is -0.235. The molecule has 0 radical (unpaired) electrons. The number of aromatic nitrogens is 2. The van der Waals surface area contributed by atoms with Crippen LogP contribution < -0.4 is 11.1 Å². The molecule has 8 nitrogen and oxygen atoms in total. The topological polar surface area (TPSA) is 126 Å². The van der Waals surface area contributed by atoms with Gasteiger partial charge in [0.2, 0.25) is 0 Å². The maximum Gasteiger partial charge on any atom is 0.283 e. The lowest BCUT2D eigenvalue weighted by Crippen LogP contribution is -2.20. The van der Waals surface area contributed by atoms with Gasteiger partial charge in [-0.1, -0.05) is 34.6 Å². The standard InChI is InChI=1S/C21H30N2O6.C2H6/c1-14(10-15-12-28-22-19(15)26)4-5-17(24)6-7-18(25)8-9-21(2,3)11-16-13-29-23-20(16)27;1-2/h12-14H,4-11H2,1-3H3,(H,22,26)(H,23,27);1-2H3. The summed E-state index contributed by atoms with van der Waals surface area (Å²) in [6.45, 7) is 9.99. The number of nitrogens with one attached hydrogen (secondary N) is 2. The van der Waals surface area contributed by atoms with Crippen LogP contribution in [0.25, 0.3) is 0 Å². The van der Waals surface area contributed by atoms with Gasteiger partial charge < -0.3 is 9.05 Å². The van der Waals surface area contributed by atoms with E-state index in [4.69, 9.17) is 9.05 Å². The third-order valence-corrected chi connectivity index (χ3v) is 5.21. The summed E-state index contributed by atoms with van der Waals surface area (Å²) in [5.41, 5.74) is 0.483. The van der Waals surface area contributed by atoms with Crippen molar-refractivity contribution in [3.05, 3.63) is 44.4 Å². The summed E-state index contributed by atoms with van der Waals surface area (Å²) < 4.78 is 9.55. The van der Waals surface area contributed by atoms with Crippen LogP contribution in [-0.2, 0) is 22.4 Å². The summed E-state index contributed by atoms with van der Waals surface area (Å²) >= 11 is 0. The van der Waals surface area contributed by atoms with E-state index in [9.17, 15) is 19.2 Å². The van der Waals surface area contributed by atoms with Gasteiger partial charge in [-0.2, -0.15) is 10.3 Å². The summed E-state index contributed by atoms with van der Waals surface area (Å²) in [5, 5.41) is 4.52. The van der Waals surface area contributed by atoms with E-state index in [1.54, 1.807) is 0 Å². The quantitative estimate of drug-likeness (QED) is 0.484. The monoisotopic (exact) mass is 436 g/mol. The number of Topliss-reactive ketones (excluding diaryl/α,β-unsaturated/α-hetero) is 2. The van der Waals surface area contributed by atoms with E-state index in [2.05, 4.69) is 10.3 Å². The van der Waals surface area contributed by atoms with Crippen molar-refractivity contribution < 1.29 is 18.6 Å². The predicted octanol–water partition coefficient (Wildman–Crippen LogP) is 4.20. The van der Waals surface area contributed by atoms with Crippen molar-refractivity contribution in [3.8, 4) is 0 Å². The van der Waals surface area contributed by atoms with Gasteiger partial charge >= 0.3 is 0 Å². The Bertz CT molecular complexity index is 915. The van der Waals surface area contributed by atoms with E-state index in [1.807, 2.05) is 34.6 Å². The first-order valence-corrected chi connectivity index (χ1v) is 11.0. The van der Waals surface area contributed by atoms with Gasteiger partial charge in [-0.15, -0.1) is 0 Å². The first-order chi connectivity index (χ1) is 14.7. The van der Waals surface area contributed by atoms with E-state index >= 15 is 0 Å². The van der Waals surface area contributed by atoms with E-state index in [1.165, 1.54) is 12.5 Å². The maximum atomic E-state index is 12.2. The number of hydrogen-bond acceptors (Lipinski definition) is 6. The number of carbonyl (C=O) groups excluding carboxylic acids is 2. The predicted molar refractivity (Wildman–Crippen MR) is 118 cm³/mol. The number of carbonyl (C=O) groups is 2. The molecule has 2 rings (SSSR count). The van der Waals surface area contributed by atoms with Crippen molar-refractivity contribution in [2.75, 3.05) is 0 Å². The molecule has 0 aromatic carbocycles. The van der Waals surface area contributed by atoms with Gasteiger partial charge in [0.1, 0.15) is 24.1 Å². The number of hydrogen-bond donors (Lipinski definition) is 2. The van der Waals surface area contributed by atoms with Crippen LogP contribution in [0.2, 0.25) is 0 Å². The van der Waals surface area contributed by atoms with Crippen LogP contribution in [0.5, 0.6) is 0 Å². The molecule has 0 saturated heterocycles. The fourth-order valence-corrected chi connectivity index (χ4v) is 3.30. The average molecular weight is 437 g/mol. The molecule has 8 heteroatoms. The van der Waals surface area contributed by atoms with Crippen molar-refractivity contribution in [1.29, 1.82) is 0 Å². The van der Waals surface area contributed by atoms with Crippen LogP contribution >= 0.6 is 0 Å². The number of H-pyrrole nitrogens is 2. The van der Waals surface area contributed by atoms with Crippen molar-refractivity contribution in [1.82, 2.24) is 10.3 Å². The SMILES string of the molecule is CC.CC(CCC(=O)CCC(=O)CCC(C)(C)Cc1co[nH]c1=O)Cc1co[nH]c1=O. The van der Waals surface area contributed by atoms with Gasteiger partial charge in [0.05, 0.1) is 11.1 Å². The molecule has 2 aromatic rings. The third kappa shape index (κ3) is 9.81. The van der Waals surface area contributed by atoms with Crippen molar-refractivity contribution in [3.63, 3.8) is 0 Å². The van der Waals surface area contributed by atoms with Crippen LogP contribution in [-0.4, -0.2) is 21.9 Å². The highest BCUT2D eigenvalue weighted by Crippen LogP contribution is 2.27. The molecule has 0 amide bonds. The molecule has 2 N–H and O–H groups in total. The molecule has 1 unspecified atom stereocenters. The zero-order valence-corrected chi connectivity index (χ0v) is 19.3. The summed E-state index contributed by atoms with van der Waals surface area (Å²) in [5.74, 6) is 0.307. The first kappa shape index (κ1) is 26.4. The van der Waals surface area contributed by atoms with Crippen LogP contribution in [0.15, 0.2) is 31.2 Å². The van der Waals surface area contributed by atoms with E-state index < -0.39 is 0 Å². The smallest absolute Gasteiger partial charge is 0.283 e. The molecule has 0 aliphatic heterocycles. The molecule has 0 aliphatic carbocycles. The van der Waals surface area contributed by atoms with Crippen LogP contribution in [0.1, 0.15) is 84.3 Å². The Kier molecular flexibility index (Phi) is 11.0. The maximum absolute atomic E-state index is 12.2. The Morgan fingerprint density at radius 2 is 1.42 bits per heavy atom. The van der Waals surface area contributed by atoms with E-state index in [0.717, 1.165) is 0 Å². The second-order valence-electron chi connectivity index (χ2n) is 8.65. The second kappa shape index (κ2) is 12.9. The fraction of sp³-hybridized carbons (Fsp3) is 0.652. The largest absolute Gasteiger partial charge is 0.387 e. The molecule has 2 aromatic heterocycles. The van der Waals surface area contributed by atoms with Gasteiger partial charge in [0, 0.05) is 25.7 Å². The highest BCUT2D eigenvalue weighted by Gasteiger charge is 2.22. The summed E-state index contributed by atoms with van der Waals surface area (Å²) in [6.07, 6.45) is 6.50. The molecule has 0 spiro atoms. The lowest BCUT2D eigenvalue weighted by atomic mass is 9.81. The Morgan fingerprint density at radius 1 is 0.903 bits per heavy atom. The highest BCUT2D eigenvalue weighted by atomic mass is 16.5. The molecule has 0 fully saturated rings. The number of ketones is 2. The Hall–Kier alpha value is -2.64. The minimum Gasteiger partial charge on any atom is -0.387 e. The van der Waals surface area contributed by atoms with Crippen molar-refractivity contribution in [2.24, 2.45) is 11.3 Å². The van der Waals surface area contributed by atoms with E-state index in [0.29, 0.717) is 49.7 Å². The van der Waals surface area contributed by atoms with Gasteiger partial charge in [-0.25, -0.2) is 0 Å². The van der Waals surface area contributed by atoms with Gasteiger partial charge in [0.25, 0.3) is 11.1 Å². The Labute approximate surface area is 182 Å². The Morgan fingerprint density at radius 3 is 1.94 bits per heavy atom. The number of rotatable bonds is 13. The molecule has 0 aliphatic rings.